The topological polar surface area (TPSA) is 40.5 Å². The van der Waals surface area contributed by atoms with Gasteiger partial charge in [-0.2, -0.15) is 12.6 Å². The molecule has 110 valence electrons. The van der Waals surface area contributed by atoms with Crippen molar-refractivity contribution in [3.8, 4) is 11.5 Å². The van der Waals surface area contributed by atoms with Gasteiger partial charge in [0.15, 0.2) is 0 Å². The largest absolute Gasteiger partial charge is 0.508 e. The first kappa shape index (κ1) is 14.5. The Morgan fingerprint density at radius 1 is 0.545 bits per heavy atom. The van der Waals surface area contributed by atoms with Crippen LogP contribution in [-0.2, 0) is 4.75 Å². The molecule has 0 atom stereocenters. The molecule has 2 nitrogen and oxygen atoms in total. The Balaban J connectivity index is 2.22. The normalized spacial score (nSPS) is 11.3. The molecule has 0 aliphatic carbocycles. The molecule has 3 rings (SSSR count). The Morgan fingerprint density at radius 3 is 1.32 bits per heavy atom. The van der Waals surface area contributed by atoms with E-state index in [2.05, 4.69) is 0 Å². The van der Waals surface area contributed by atoms with Crippen molar-refractivity contribution >= 4 is 12.6 Å². The molecule has 3 heteroatoms. The first-order chi connectivity index (χ1) is 10.6. The van der Waals surface area contributed by atoms with Crippen molar-refractivity contribution in [3.63, 3.8) is 0 Å². The van der Waals surface area contributed by atoms with Gasteiger partial charge in [0.2, 0.25) is 0 Å². The number of phenolic OH excluding ortho intramolecular Hbond substituents is 2. The molecule has 3 aromatic carbocycles. The van der Waals surface area contributed by atoms with Crippen LogP contribution in [0, 0.1) is 0 Å². The van der Waals surface area contributed by atoms with Crippen LogP contribution in [-0.4, -0.2) is 10.2 Å². The third-order valence-corrected chi connectivity index (χ3v) is 4.54. The van der Waals surface area contributed by atoms with Crippen LogP contribution in [0.4, 0.5) is 0 Å². The zero-order chi connectivity index (χ0) is 15.6. The second-order valence-corrected chi connectivity index (χ2v) is 5.84. The average molecular weight is 308 g/mol. The third kappa shape index (κ3) is 2.55. The summed E-state index contributed by atoms with van der Waals surface area (Å²) in [4.78, 5) is 0. The van der Waals surface area contributed by atoms with E-state index in [1.165, 1.54) is 0 Å². The number of thiol groups is 1. The maximum Gasteiger partial charge on any atom is 0.115 e. The van der Waals surface area contributed by atoms with E-state index >= 15 is 0 Å². The summed E-state index contributed by atoms with van der Waals surface area (Å²) in [6, 6.07) is 24.0. The highest BCUT2D eigenvalue weighted by Gasteiger charge is 2.32. The van der Waals surface area contributed by atoms with Crippen LogP contribution < -0.4 is 0 Å². The Kier molecular flexibility index (Phi) is 3.82. The summed E-state index contributed by atoms with van der Waals surface area (Å²) in [5.74, 6) is 0.441. The Labute approximate surface area is 135 Å². The summed E-state index contributed by atoms with van der Waals surface area (Å²) in [6.45, 7) is 0. The maximum atomic E-state index is 9.54. The molecule has 0 aliphatic heterocycles. The Bertz CT molecular complexity index is 704. The van der Waals surface area contributed by atoms with Crippen molar-refractivity contribution in [2.75, 3.05) is 0 Å². The van der Waals surface area contributed by atoms with Crippen LogP contribution >= 0.6 is 12.6 Å². The van der Waals surface area contributed by atoms with E-state index in [9.17, 15) is 10.2 Å². The molecule has 0 fully saturated rings. The first-order valence-corrected chi connectivity index (χ1v) is 7.42. The molecule has 0 aromatic heterocycles. The zero-order valence-electron chi connectivity index (χ0n) is 11.8. The number of hydrogen-bond acceptors (Lipinski definition) is 3. The Morgan fingerprint density at radius 2 is 0.909 bits per heavy atom. The van der Waals surface area contributed by atoms with Crippen molar-refractivity contribution in [1.82, 2.24) is 0 Å². The number of benzene rings is 3. The van der Waals surface area contributed by atoms with Crippen LogP contribution in [0.15, 0.2) is 78.9 Å². The van der Waals surface area contributed by atoms with Crippen LogP contribution in [0.1, 0.15) is 16.7 Å². The highest BCUT2D eigenvalue weighted by atomic mass is 32.1. The first-order valence-electron chi connectivity index (χ1n) is 6.97. The van der Waals surface area contributed by atoms with Crippen LogP contribution in [0.3, 0.4) is 0 Å². The van der Waals surface area contributed by atoms with E-state index < -0.39 is 4.75 Å². The van der Waals surface area contributed by atoms with E-state index in [0.29, 0.717) is 0 Å². The molecule has 0 amide bonds. The molecule has 0 radical (unpaired) electrons. The van der Waals surface area contributed by atoms with Crippen LogP contribution in [0.5, 0.6) is 11.5 Å². The summed E-state index contributed by atoms with van der Waals surface area (Å²) in [6.07, 6.45) is 0. The second kappa shape index (κ2) is 5.78. The lowest BCUT2D eigenvalue weighted by Gasteiger charge is -2.30. The molecule has 3 aromatic rings. The monoisotopic (exact) mass is 308 g/mol. The lowest BCUT2D eigenvalue weighted by molar-refractivity contribution is 0.475. The second-order valence-electron chi connectivity index (χ2n) is 5.17. The number of hydrogen-bond donors (Lipinski definition) is 3. The fourth-order valence-corrected chi connectivity index (χ4v) is 3.03. The molecule has 0 saturated heterocycles. The molecule has 22 heavy (non-hydrogen) atoms. The fourth-order valence-electron chi connectivity index (χ4n) is 2.58. The van der Waals surface area contributed by atoms with Gasteiger partial charge in [-0.3, -0.25) is 0 Å². The molecular formula is C19H16O2S. The summed E-state index contributed by atoms with van der Waals surface area (Å²) < 4.78 is -0.664. The van der Waals surface area contributed by atoms with E-state index in [4.69, 9.17) is 12.6 Å². The van der Waals surface area contributed by atoms with Crippen molar-refractivity contribution < 1.29 is 10.2 Å². The molecule has 2 N–H and O–H groups in total. The molecule has 0 bridgehead atoms. The predicted molar refractivity (Wildman–Crippen MR) is 91.5 cm³/mol. The minimum Gasteiger partial charge on any atom is -0.508 e. The van der Waals surface area contributed by atoms with Crippen molar-refractivity contribution in [2.24, 2.45) is 0 Å². The van der Waals surface area contributed by atoms with Gasteiger partial charge >= 0.3 is 0 Å². The quantitative estimate of drug-likeness (QED) is 0.498. The lowest BCUT2D eigenvalue weighted by Crippen LogP contribution is -2.22. The Hall–Kier alpha value is -2.39. The average Bonchev–Trinajstić information content (AvgIpc) is 2.56. The zero-order valence-corrected chi connectivity index (χ0v) is 12.7. The van der Waals surface area contributed by atoms with E-state index in [0.717, 1.165) is 16.7 Å². The van der Waals surface area contributed by atoms with E-state index in [1.54, 1.807) is 24.3 Å². The summed E-state index contributed by atoms with van der Waals surface area (Å²) >= 11 is 4.99. The standard InChI is InChI=1S/C19H16O2S/c20-17-10-6-15(7-11-17)19(22,14-4-2-1-3-5-14)16-8-12-18(21)13-9-16/h1-13,20-22H. The fraction of sp³-hybridized carbons (Fsp3) is 0.0526. The predicted octanol–water partition coefficient (Wildman–Crippen LogP) is 4.32. The van der Waals surface area contributed by atoms with E-state index in [1.807, 2.05) is 54.6 Å². The van der Waals surface area contributed by atoms with Gasteiger partial charge in [-0.1, -0.05) is 54.6 Å². The highest BCUT2D eigenvalue weighted by Crippen LogP contribution is 2.43. The van der Waals surface area contributed by atoms with Crippen LogP contribution in [0.25, 0.3) is 0 Å². The lowest BCUT2D eigenvalue weighted by atomic mass is 9.84. The third-order valence-electron chi connectivity index (χ3n) is 3.76. The molecule has 0 unspecified atom stereocenters. The van der Waals surface area contributed by atoms with Crippen molar-refractivity contribution in [1.29, 1.82) is 0 Å². The van der Waals surface area contributed by atoms with Gasteiger partial charge in [0, 0.05) is 0 Å². The molecule has 0 heterocycles. The highest BCUT2D eigenvalue weighted by molar-refractivity contribution is 7.81. The number of phenols is 2. The van der Waals surface area contributed by atoms with Crippen LogP contribution in [0.2, 0.25) is 0 Å². The molecular weight excluding hydrogens is 292 g/mol. The van der Waals surface area contributed by atoms with Gasteiger partial charge in [0.05, 0.1) is 4.75 Å². The van der Waals surface area contributed by atoms with Gasteiger partial charge in [0.1, 0.15) is 11.5 Å². The van der Waals surface area contributed by atoms with Gasteiger partial charge in [-0.15, -0.1) is 0 Å². The molecule has 0 saturated carbocycles. The summed E-state index contributed by atoms with van der Waals surface area (Å²) in [7, 11) is 0. The van der Waals surface area contributed by atoms with Gasteiger partial charge < -0.3 is 10.2 Å². The minimum absolute atomic E-state index is 0.221. The SMILES string of the molecule is Oc1ccc(C(S)(c2ccccc2)c2ccc(O)cc2)cc1. The molecule has 0 aliphatic rings. The summed E-state index contributed by atoms with van der Waals surface area (Å²) in [5, 5.41) is 19.1. The van der Waals surface area contributed by atoms with Crippen molar-refractivity contribution in [3.05, 3.63) is 95.6 Å². The van der Waals surface area contributed by atoms with Gasteiger partial charge in [-0.25, -0.2) is 0 Å². The maximum absolute atomic E-state index is 9.54. The van der Waals surface area contributed by atoms with Gasteiger partial charge in [-0.05, 0) is 41.0 Å². The number of aromatic hydroxyl groups is 2. The number of rotatable bonds is 3. The molecule has 0 spiro atoms. The minimum atomic E-state index is -0.664. The van der Waals surface area contributed by atoms with Gasteiger partial charge in [0.25, 0.3) is 0 Å². The summed E-state index contributed by atoms with van der Waals surface area (Å²) in [5.41, 5.74) is 2.92. The van der Waals surface area contributed by atoms with Crippen molar-refractivity contribution in [2.45, 2.75) is 4.75 Å². The van der Waals surface area contributed by atoms with E-state index in [-0.39, 0.29) is 11.5 Å². The smallest absolute Gasteiger partial charge is 0.115 e.